The largest absolute Gasteiger partial charge is 0.252 e. The van der Waals surface area contributed by atoms with E-state index in [-0.39, 0.29) is 0 Å². The van der Waals surface area contributed by atoms with Crippen molar-refractivity contribution in [2.45, 2.75) is 0 Å². The Labute approximate surface area is 139 Å². The van der Waals surface area contributed by atoms with Crippen molar-refractivity contribution in [3.8, 4) is 11.3 Å². The molecule has 0 unspecified atom stereocenters. The van der Waals surface area contributed by atoms with E-state index in [0.717, 1.165) is 27.7 Å². The normalized spacial score (nSPS) is 11.3. The van der Waals surface area contributed by atoms with E-state index < -0.39 is 0 Å². The number of aromatic nitrogens is 2. The Morgan fingerprint density at radius 3 is 2.29 bits per heavy atom. The molecule has 0 radical (unpaired) electrons. The van der Waals surface area contributed by atoms with Gasteiger partial charge in [-0.15, -0.1) is 0 Å². The van der Waals surface area contributed by atoms with Gasteiger partial charge in [-0.25, -0.2) is 4.98 Å². The first-order valence-corrected chi connectivity index (χ1v) is 8.02. The summed E-state index contributed by atoms with van der Waals surface area (Å²) >= 11 is 0. The Morgan fingerprint density at radius 1 is 0.625 bits per heavy atom. The summed E-state index contributed by atoms with van der Waals surface area (Å²) in [5.74, 6) is 0. The Kier molecular flexibility index (Phi) is 2.83. The van der Waals surface area contributed by atoms with Crippen LogP contribution in [0.3, 0.4) is 0 Å². The van der Waals surface area contributed by atoms with Crippen LogP contribution in [-0.2, 0) is 0 Å². The quantitative estimate of drug-likeness (QED) is 0.376. The maximum absolute atomic E-state index is 4.84. The fourth-order valence-corrected chi connectivity index (χ4v) is 3.24. The molecular weight excluding hydrogens is 292 g/mol. The lowest BCUT2D eigenvalue weighted by Gasteiger charge is -2.06. The van der Waals surface area contributed by atoms with Crippen molar-refractivity contribution in [1.29, 1.82) is 0 Å². The van der Waals surface area contributed by atoms with E-state index in [1.165, 1.54) is 16.2 Å². The second-order valence-corrected chi connectivity index (χ2v) is 5.97. The van der Waals surface area contributed by atoms with Crippen molar-refractivity contribution in [1.82, 2.24) is 9.97 Å². The maximum atomic E-state index is 4.84. The van der Waals surface area contributed by atoms with Gasteiger partial charge in [0.1, 0.15) is 0 Å². The third-order valence-electron chi connectivity index (χ3n) is 4.48. The second kappa shape index (κ2) is 5.14. The molecule has 0 aliphatic rings. The summed E-state index contributed by atoms with van der Waals surface area (Å²) in [5.41, 5.74) is 3.89. The molecule has 0 amide bonds. The van der Waals surface area contributed by atoms with Gasteiger partial charge in [-0.05, 0) is 28.3 Å². The van der Waals surface area contributed by atoms with Gasteiger partial charge in [0.2, 0.25) is 0 Å². The molecule has 0 N–H and O–H groups in total. The predicted molar refractivity (Wildman–Crippen MR) is 100.0 cm³/mol. The van der Waals surface area contributed by atoms with Gasteiger partial charge in [-0.2, -0.15) is 0 Å². The number of hydrogen-bond donors (Lipinski definition) is 0. The smallest absolute Gasteiger partial charge is 0.0965 e. The lowest BCUT2D eigenvalue weighted by atomic mass is 10.0. The van der Waals surface area contributed by atoms with Crippen LogP contribution in [-0.4, -0.2) is 9.97 Å². The third-order valence-corrected chi connectivity index (χ3v) is 4.48. The highest BCUT2D eigenvalue weighted by Crippen LogP contribution is 2.27. The van der Waals surface area contributed by atoms with Crippen LogP contribution in [0.1, 0.15) is 0 Å². The zero-order valence-corrected chi connectivity index (χ0v) is 13.0. The highest BCUT2D eigenvalue weighted by Gasteiger charge is 2.06. The monoisotopic (exact) mass is 306 g/mol. The molecule has 0 spiro atoms. The fraction of sp³-hybridized carbons (Fsp3) is 0. The van der Waals surface area contributed by atoms with E-state index >= 15 is 0 Å². The molecule has 1 heterocycles. The molecule has 112 valence electrons. The molecule has 2 heteroatoms. The summed E-state index contributed by atoms with van der Waals surface area (Å²) in [6.07, 6.45) is 1.87. The topological polar surface area (TPSA) is 25.8 Å². The standard InChI is InChI=1S/C22H14N2/c1-2-7-17-13-18(10-9-15(17)5-1)21-14-23-22-19-8-4-3-6-16(19)11-12-20(22)24-21/h1-14H. The summed E-state index contributed by atoms with van der Waals surface area (Å²) in [6, 6.07) is 27.2. The van der Waals surface area contributed by atoms with Crippen molar-refractivity contribution in [3.05, 3.63) is 85.1 Å². The number of benzene rings is 4. The molecule has 1 aromatic heterocycles. The van der Waals surface area contributed by atoms with Gasteiger partial charge in [0.15, 0.2) is 0 Å². The zero-order valence-electron chi connectivity index (χ0n) is 13.0. The average molecular weight is 306 g/mol. The van der Waals surface area contributed by atoms with E-state index in [4.69, 9.17) is 9.97 Å². The molecule has 0 saturated carbocycles. The molecule has 4 aromatic carbocycles. The average Bonchev–Trinajstić information content (AvgIpc) is 2.67. The van der Waals surface area contributed by atoms with Gasteiger partial charge in [0.25, 0.3) is 0 Å². The van der Waals surface area contributed by atoms with Crippen molar-refractivity contribution >= 4 is 32.6 Å². The van der Waals surface area contributed by atoms with Gasteiger partial charge in [0, 0.05) is 10.9 Å². The van der Waals surface area contributed by atoms with Gasteiger partial charge in [0.05, 0.1) is 22.9 Å². The zero-order chi connectivity index (χ0) is 15.9. The summed E-state index contributed by atoms with van der Waals surface area (Å²) in [4.78, 5) is 9.54. The van der Waals surface area contributed by atoms with E-state index in [0.29, 0.717) is 0 Å². The minimum absolute atomic E-state index is 0.906. The lowest BCUT2D eigenvalue weighted by molar-refractivity contribution is 1.30. The lowest BCUT2D eigenvalue weighted by Crippen LogP contribution is -1.90. The van der Waals surface area contributed by atoms with E-state index in [2.05, 4.69) is 66.7 Å². The fourth-order valence-electron chi connectivity index (χ4n) is 3.24. The van der Waals surface area contributed by atoms with Gasteiger partial charge in [-0.1, -0.05) is 66.7 Å². The van der Waals surface area contributed by atoms with Crippen LogP contribution in [0.5, 0.6) is 0 Å². The molecular formula is C22H14N2. The van der Waals surface area contributed by atoms with E-state index in [9.17, 15) is 0 Å². The van der Waals surface area contributed by atoms with E-state index in [1.807, 2.05) is 18.3 Å². The molecule has 0 atom stereocenters. The molecule has 0 aliphatic heterocycles. The Bertz CT molecular complexity index is 1210. The Morgan fingerprint density at radius 2 is 1.38 bits per heavy atom. The summed E-state index contributed by atoms with van der Waals surface area (Å²) < 4.78 is 0. The van der Waals surface area contributed by atoms with Crippen LogP contribution in [0.15, 0.2) is 85.1 Å². The third kappa shape index (κ3) is 2.04. The summed E-state index contributed by atoms with van der Waals surface area (Å²) in [7, 11) is 0. The van der Waals surface area contributed by atoms with Crippen LogP contribution in [0.2, 0.25) is 0 Å². The molecule has 0 aliphatic carbocycles. The first-order chi connectivity index (χ1) is 11.9. The molecule has 5 aromatic rings. The molecule has 0 fully saturated rings. The molecule has 5 rings (SSSR count). The molecule has 0 saturated heterocycles. The number of fused-ring (bicyclic) bond motifs is 4. The number of rotatable bonds is 1. The van der Waals surface area contributed by atoms with Crippen LogP contribution < -0.4 is 0 Å². The molecule has 0 bridgehead atoms. The molecule has 24 heavy (non-hydrogen) atoms. The number of nitrogens with zero attached hydrogens (tertiary/aromatic N) is 2. The SMILES string of the molecule is c1ccc2cc(-c3cnc4c(ccc5ccccc54)n3)ccc2c1. The minimum Gasteiger partial charge on any atom is -0.252 e. The first-order valence-electron chi connectivity index (χ1n) is 8.02. The number of hydrogen-bond acceptors (Lipinski definition) is 2. The Balaban J connectivity index is 1.72. The molecule has 2 nitrogen and oxygen atoms in total. The second-order valence-electron chi connectivity index (χ2n) is 5.97. The maximum Gasteiger partial charge on any atom is 0.0965 e. The van der Waals surface area contributed by atoms with Crippen LogP contribution in [0, 0.1) is 0 Å². The van der Waals surface area contributed by atoms with Crippen molar-refractivity contribution in [2.24, 2.45) is 0 Å². The van der Waals surface area contributed by atoms with Crippen molar-refractivity contribution in [2.75, 3.05) is 0 Å². The van der Waals surface area contributed by atoms with Crippen LogP contribution >= 0.6 is 0 Å². The highest BCUT2D eigenvalue weighted by atomic mass is 14.8. The Hall–Kier alpha value is -3.26. The first kappa shape index (κ1) is 13.2. The van der Waals surface area contributed by atoms with Crippen LogP contribution in [0.25, 0.3) is 43.8 Å². The van der Waals surface area contributed by atoms with Crippen LogP contribution in [0.4, 0.5) is 0 Å². The summed E-state index contributed by atoms with van der Waals surface area (Å²) in [6.45, 7) is 0. The van der Waals surface area contributed by atoms with Crippen molar-refractivity contribution < 1.29 is 0 Å². The van der Waals surface area contributed by atoms with Crippen molar-refractivity contribution in [3.63, 3.8) is 0 Å². The van der Waals surface area contributed by atoms with Gasteiger partial charge in [-0.3, -0.25) is 4.98 Å². The van der Waals surface area contributed by atoms with Gasteiger partial charge >= 0.3 is 0 Å². The minimum atomic E-state index is 0.906. The summed E-state index contributed by atoms with van der Waals surface area (Å²) in [5, 5.41) is 4.79. The predicted octanol–water partition coefficient (Wildman–Crippen LogP) is 5.60. The van der Waals surface area contributed by atoms with E-state index in [1.54, 1.807) is 0 Å². The van der Waals surface area contributed by atoms with Gasteiger partial charge < -0.3 is 0 Å². The highest BCUT2D eigenvalue weighted by molar-refractivity contribution is 6.04.